The summed E-state index contributed by atoms with van der Waals surface area (Å²) in [5.41, 5.74) is -0.609. The molecular formula is C16H13F3O2. The molecule has 0 N–H and O–H groups in total. The van der Waals surface area contributed by atoms with Crippen LogP contribution < -0.4 is 4.74 Å². The molecule has 2 nitrogen and oxygen atoms in total. The van der Waals surface area contributed by atoms with Crippen LogP contribution in [0.15, 0.2) is 48.5 Å². The molecule has 2 aromatic carbocycles. The molecule has 0 radical (unpaired) electrons. The predicted octanol–water partition coefficient (Wildman–Crippen LogP) is 4.14. The maximum absolute atomic E-state index is 12.9. The van der Waals surface area contributed by atoms with Gasteiger partial charge in [-0.2, -0.15) is 13.2 Å². The molecule has 0 atom stereocenters. The maximum Gasteiger partial charge on any atom is 0.417 e. The molecule has 0 aliphatic carbocycles. The van der Waals surface area contributed by atoms with Crippen molar-refractivity contribution in [1.82, 2.24) is 0 Å². The lowest BCUT2D eigenvalue weighted by atomic mass is 9.98. The van der Waals surface area contributed by atoms with Crippen molar-refractivity contribution in [3.63, 3.8) is 0 Å². The van der Waals surface area contributed by atoms with Crippen LogP contribution in [0, 0.1) is 0 Å². The van der Waals surface area contributed by atoms with Crippen LogP contribution >= 0.6 is 0 Å². The molecule has 2 rings (SSSR count). The number of methoxy groups -OCH3 is 1. The molecule has 0 fully saturated rings. The number of benzene rings is 2. The van der Waals surface area contributed by atoms with Gasteiger partial charge in [0.2, 0.25) is 0 Å². The molecule has 0 bridgehead atoms. The molecule has 21 heavy (non-hydrogen) atoms. The lowest BCUT2D eigenvalue weighted by molar-refractivity contribution is -0.137. The van der Waals surface area contributed by atoms with Gasteiger partial charge in [0.05, 0.1) is 12.7 Å². The van der Waals surface area contributed by atoms with E-state index in [9.17, 15) is 18.0 Å². The van der Waals surface area contributed by atoms with Crippen molar-refractivity contribution in [2.75, 3.05) is 7.11 Å². The molecule has 0 unspecified atom stereocenters. The average molecular weight is 294 g/mol. The van der Waals surface area contributed by atoms with E-state index in [1.807, 2.05) is 0 Å². The molecular weight excluding hydrogens is 281 g/mol. The summed E-state index contributed by atoms with van der Waals surface area (Å²) >= 11 is 0. The van der Waals surface area contributed by atoms with Gasteiger partial charge in [0.1, 0.15) is 5.75 Å². The van der Waals surface area contributed by atoms with E-state index in [0.29, 0.717) is 11.3 Å². The first-order valence-electron chi connectivity index (χ1n) is 6.24. The molecule has 0 saturated heterocycles. The maximum atomic E-state index is 12.9. The summed E-state index contributed by atoms with van der Waals surface area (Å²) in [6.07, 6.45) is -4.65. The van der Waals surface area contributed by atoms with Crippen molar-refractivity contribution in [1.29, 1.82) is 0 Å². The monoisotopic (exact) mass is 294 g/mol. The highest BCUT2D eigenvalue weighted by Crippen LogP contribution is 2.32. The number of halogens is 3. The van der Waals surface area contributed by atoms with E-state index in [4.69, 9.17) is 4.74 Å². The quantitative estimate of drug-likeness (QED) is 0.792. The normalized spacial score (nSPS) is 11.2. The number of hydrogen-bond acceptors (Lipinski definition) is 2. The second kappa shape index (κ2) is 5.99. The third kappa shape index (κ3) is 3.62. The molecule has 5 heteroatoms. The van der Waals surface area contributed by atoms with Crippen LogP contribution in [0.4, 0.5) is 13.2 Å². The van der Waals surface area contributed by atoms with E-state index in [0.717, 1.165) is 6.07 Å². The summed E-state index contributed by atoms with van der Waals surface area (Å²) in [7, 11) is 1.49. The Hall–Kier alpha value is -2.30. The second-order valence-electron chi connectivity index (χ2n) is 4.49. The Bertz CT molecular complexity index is 648. The largest absolute Gasteiger partial charge is 0.497 e. The zero-order chi connectivity index (χ0) is 15.5. The number of hydrogen-bond donors (Lipinski definition) is 0. The van der Waals surface area contributed by atoms with Gasteiger partial charge in [-0.05, 0) is 23.8 Å². The molecule has 0 heterocycles. The summed E-state index contributed by atoms with van der Waals surface area (Å²) < 4.78 is 43.7. The van der Waals surface area contributed by atoms with E-state index >= 15 is 0 Å². The number of alkyl halides is 3. The fourth-order valence-electron chi connectivity index (χ4n) is 2.04. The SMILES string of the molecule is COc1cccc(CC(=O)c2ccccc2C(F)(F)F)c1. The minimum Gasteiger partial charge on any atom is -0.497 e. The standard InChI is InChI=1S/C16H13F3O2/c1-21-12-6-4-5-11(9-12)10-15(20)13-7-2-3-8-14(13)16(17,18)19/h2-9H,10H2,1H3. The minimum atomic E-state index is -4.54. The highest BCUT2D eigenvalue weighted by molar-refractivity contribution is 5.99. The van der Waals surface area contributed by atoms with Crippen LogP contribution in [0.3, 0.4) is 0 Å². The van der Waals surface area contributed by atoms with Crippen molar-refractivity contribution in [2.24, 2.45) is 0 Å². The van der Waals surface area contributed by atoms with Gasteiger partial charge in [0.15, 0.2) is 5.78 Å². The molecule has 110 valence electrons. The molecule has 0 saturated carbocycles. The van der Waals surface area contributed by atoms with Gasteiger partial charge >= 0.3 is 6.18 Å². The number of carbonyl (C=O) groups excluding carboxylic acids is 1. The minimum absolute atomic E-state index is 0.107. The average Bonchev–Trinajstić information content (AvgIpc) is 2.46. The molecule has 0 aromatic heterocycles. The van der Waals surface area contributed by atoms with Crippen LogP contribution in [-0.2, 0) is 12.6 Å². The van der Waals surface area contributed by atoms with Gasteiger partial charge in [0.25, 0.3) is 0 Å². The van der Waals surface area contributed by atoms with E-state index in [-0.39, 0.29) is 12.0 Å². The highest BCUT2D eigenvalue weighted by atomic mass is 19.4. The van der Waals surface area contributed by atoms with E-state index in [1.54, 1.807) is 24.3 Å². The third-order valence-electron chi connectivity index (χ3n) is 3.03. The van der Waals surface area contributed by atoms with Crippen molar-refractivity contribution < 1.29 is 22.7 Å². The van der Waals surface area contributed by atoms with Gasteiger partial charge < -0.3 is 4.74 Å². The van der Waals surface area contributed by atoms with Crippen LogP contribution in [-0.4, -0.2) is 12.9 Å². The van der Waals surface area contributed by atoms with Gasteiger partial charge in [0, 0.05) is 12.0 Å². The zero-order valence-electron chi connectivity index (χ0n) is 11.3. The smallest absolute Gasteiger partial charge is 0.417 e. The summed E-state index contributed by atoms with van der Waals surface area (Å²) in [4.78, 5) is 12.1. The van der Waals surface area contributed by atoms with Crippen molar-refractivity contribution >= 4 is 5.78 Å². The lowest BCUT2D eigenvalue weighted by Crippen LogP contribution is -2.14. The third-order valence-corrected chi connectivity index (χ3v) is 3.03. The summed E-state index contributed by atoms with van der Waals surface area (Å²) in [6, 6.07) is 11.5. The van der Waals surface area contributed by atoms with Crippen molar-refractivity contribution in [3.8, 4) is 5.75 Å². The van der Waals surface area contributed by atoms with Gasteiger partial charge in [-0.1, -0.05) is 30.3 Å². The first-order chi connectivity index (χ1) is 9.91. The van der Waals surface area contributed by atoms with Gasteiger partial charge in [-0.3, -0.25) is 4.79 Å². The Kier molecular flexibility index (Phi) is 4.31. The van der Waals surface area contributed by atoms with Gasteiger partial charge in [-0.25, -0.2) is 0 Å². The molecule has 0 aliphatic heterocycles. The Morgan fingerprint density at radius 1 is 1.10 bits per heavy atom. The number of Topliss-reactive ketones (excluding diaryl/α,β-unsaturated/α-hetero) is 1. The van der Waals surface area contributed by atoms with Crippen molar-refractivity contribution in [3.05, 3.63) is 65.2 Å². The topological polar surface area (TPSA) is 26.3 Å². The summed E-state index contributed by atoms with van der Waals surface area (Å²) in [5.74, 6) is -0.0133. The Balaban J connectivity index is 2.29. The highest BCUT2D eigenvalue weighted by Gasteiger charge is 2.34. The Labute approximate surface area is 120 Å². The molecule has 0 aliphatic rings. The lowest BCUT2D eigenvalue weighted by Gasteiger charge is -2.12. The van der Waals surface area contributed by atoms with Crippen LogP contribution in [0.25, 0.3) is 0 Å². The van der Waals surface area contributed by atoms with Crippen LogP contribution in [0.1, 0.15) is 21.5 Å². The summed E-state index contributed by atoms with van der Waals surface area (Å²) in [6.45, 7) is 0. The first-order valence-corrected chi connectivity index (χ1v) is 6.24. The van der Waals surface area contributed by atoms with E-state index in [2.05, 4.69) is 0 Å². The first kappa shape index (κ1) is 15.1. The molecule has 2 aromatic rings. The second-order valence-corrected chi connectivity index (χ2v) is 4.49. The molecule has 0 amide bonds. The van der Waals surface area contributed by atoms with E-state index in [1.165, 1.54) is 25.3 Å². The Morgan fingerprint density at radius 3 is 2.48 bits per heavy atom. The fraction of sp³-hybridized carbons (Fsp3) is 0.188. The Morgan fingerprint density at radius 2 is 1.81 bits per heavy atom. The fourth-order valence-corrected chi connectivity index (χ4v) is 2.04. The van der Waals surface area contributed by atoms with Crippen LogP contribution in [0.2, 0.25) is 0 Å². The van der Waals surface area contributed by atoms with Crippen molar-refractivity contribution in [2.45, 2.75) is 12.6 Å². The number of ether oxygens (including phenoxy) is 1. The molecule has 0 spiro atoms. The van der Waals surface area contributed by atoms with Crippen LogP contribution in [0.5, 0.6) is 5.75 Å². The number of rotatable bonds is 4. The number of ketones is 1. The van der Waals surface area contributed by atoms with E-state index < -0.39 is 17.5 Å². The number of carbonyl (C=O) groups is 1. The summed E-state index contributed by atoms with van der Waals surface area (Å²) in [5, 5.41) is 0. The van der Waals surface area contributed by atoms with Gasteiger partial charge in [-0.15, -0.1) is 0 Å². The zero-order valence-corrected chi connectivity index (χ0v) is 11.3. The predicted molar refractivity (Wildman–Crippen MR) is 72.5 cm³/mol.